The molecule has 1 aliphatic rings. The van der Waals surface area contributed by atoms with Gasteiger partial charge in [-0.3, -0.25) is 9.80 Å². The van der Waals surface area contributed by atoms with Crippen molar-refractivity contribution >= 4 is 0 Å². The van der Waals surface area contributed by atoms with Gasteiger partial charge in [-0.2, -0.15) is 0 Å². The maximum Gasteiger partial charge on any atom is 0.0629 e. The Morgan fingerprint density at radius 3 is 1.95 bits per heavy atom. The number of rotatable bonds is 5. The molecule has 0 aromatic heterocycles. The Bertz CT molecular complexity index is 567. The Morgan fingerprint density at radius 2 is 1.41 bits per heavy atom. The Hall–Kier alpha value is -1.64. The van der Waals surface area contributed by atoms with Gasteiger partial charge in [-0.25, -0.2) is 0 Å². The Kier molecular flexibility index (Phi) is 4.91. The van der Waals surface area contributed by atoms with E-state index in [0.717, 1.165) is 19.6 Å². The lowest BCUT2D eigenvalue weighted by molar-refractivity contribution is 0.108. The standard InChI is InChI=1S/C20H26N2/c1-3-20-21(15-18-10-6-4-7-11-18)14-17(2)22(20)16-19-12-8-5-9-13-19/h4-13,17,20H,3,14-16H2,1-2H3. The average Bonchev–Trinajstić information content (AvgIpc) is 2.84. The molecule has 0 aliphatic carbocycles. The molecule has 0 spiro atoms. The first-order valence-electron chi connectivity index (χ1n) is 8.35. The van der Waals surface area contributed by atoms with Crippen LogP contribution in [-0.4, -0.2) is 28.6 Å². The lowest BCUT2D eigenvalue weighted by Gasteiger charge is -2.30. The summed E-state index contributed by atoms with van der Waals surface area (Å²) in [5, 5.41) is 0. The van der Waals surface area contributed by atoms with Crippen molar-refractivity contribution < 1.29 is 0 Å². The van der Waals surface area contributed by atoms with Gasteiger partial charge in [0.05, 0.1) is 6.17 Å². The van der Waals surface area contributed by atoms with Crippen LogP contribution in [0.3, 0.4) is 0 Å². The molecule has 0 N–H and O–H groups in total. The first kappa shape index (κ1) is 15.3. The van der Waals surface area contributed by atoms with Gasteiger partial charge in [0.25, 0.3) is 0 Å². The average molecular weight is 294 g/mol. The summed E-state index contributed by atoms with van der Waals surface area (Å²) in [6.07, 6.45) is 1.71. The first-order chi connectivity index (χ1) is 10.8. The van der Waals surface area contributed by atoms with Crippen molar-refractivity contribution in [3.8, 4) is 0 Å². The van der Waals surface area contributed by atoms with E-state index >= 15 is 0 Å². The van der Waals surface area contributed by atoms with E-state index in [1.807, 2.05) is 0 Å². The third-order valence-electron chi connectivity index (χ3n) is 4.67. The molecule has 0 bridgehead atoms. The molecular weight excluding hydrogens is 268 g/mol. The van der Waals surface area contributed by atoms with Crippen LogP contribution in [-0.2, 0) is 13.1 Å². The minimum absolute atomic E-state index is 0.537. The summed E-state index contributed by atoms with van der Waals surface area (Å²) in [5.41, 5.74) is 2.82. The molecule has 22 heavy (non-hydrogen) atoms. The van der Waals surface area contributed by atoms with Gasteiger partial charge in [0, 0.05) is 25.7 Å². The predicted molar refractivity (Wildman–Crippen MR) is 92.4 cm³/mol. The summed E-state index contributed by atoms with van der Waals surface area (Å²) in [6.45, 7) is 7.91. The lowest BCUT2D eigenvalue weighted by Crippen LogP contribution is -2.39. The van der Waals surface area contributed by atoms with Crippen molar-refractivity contribution in [3.63, 3.8) is 0 Å². The van der Waals surface area contributed by atoms with Crippen molar-refractivity contribution in [2.45, 2.75) is 45.6 Å². The maximum atomic E-state index is 2.65. The van der Waals surface area contributed by atoms with Crippen molar-refractivity contribution in [2.75, 3.05) is 6.54 Å². The second kappa shape index (κ2) is 7.08. The third-order valence-corrected chi connectivity index (χ3v) is 4.67. The summed E-state index contributed by atoms with van der Waals surface area (Å²) in [5.74, 6) is 0. The molecule has 1 heterocycles. The van der Waals surface area contributed by atoms with Crippen molar-refractivity contribution in [1.82, 2.24) is 9.80 Å². The topological polar surface area (TPSA) is 6.48 Å². The van der Waals surface area contributed by atoms with E-state index in [1.54, 1.807) is 0 Å². The Morgan fingerprint density at radius 1 is 0.864 bits per heavy atom. The summed E-state index contributed by atoms with van der Waals surface area (Å²) < 4.78 is 0. The van der Waals surface area contributed by atoms with Crippen molar-refractivity contribution in [1.29, 1.82) is 0 Å². The van der Waals surface area contributed by atoms with Crippen LogP contribution in [0.5, 0.6) is 0 Å². The van der Waals surface area contributed by atoms with Gasteiger partial charge in [-0.15, -0.1) is 0 Å². The molecule has 0 saturated carbocycles. The first-order valence-corrected chi connectivity index (χ1v) is 8.35. The molecule has 2 heteroatoms. The van der Waals surface area contributed by atoms with Gasteiger partial charge in [0.2, 0.25) is 0 Å². The highest BCUT2D eigenvalue weighted by molar-refractivity contribution is 5.17. The monoisotopic (exact) mass is 294 g/mol. The maximum absolute atomic E-state index is 2.65. The van der Waals surface area contributed by atoms with Crippen LogP contribution in [0, 0.1) is 0 Å². The molecule has 2 aromatic carbocycles. The highest BCUT2D eigenvalue weighted by Gasteiger charge is 2.35. The van der Waals surface area contributed by atoms with Crippen molar-refractivity contribution in [3.05, 3.63) is 71.8 Å². The number of hydrogen-bond acceptors (Lipinski definition) is 2. The largest absolute Gasteiger partial charge is 0.282 e. The van der Waals surface area contributed by atoms with E-state index < -0.39 is 0 Å². The predicted octanol–water partition coefficient (Wildman–Crippen LogP) is 4.13. The molecule has 2 nitrogen and oxygen atoms in total. The Balaban J connectivity index is 1.72. The van der Waals surface area contributed by atoms with Gasteiger partial charge in [0.15, 0.2) is 0 Å². The fourth-order valence-electron chi connectivity index (χ4n) is 3.61. The highest BCUT2D eigenvalue weighted by atomic mass is 15.4. The van der Waals surface area contributed by atoms with E-state index in [2.05, 4.69) is 84.3 Å². The zero-order chi connectivity index (χ0) is 15.4. The summed E-state index contributed by atoms with van der Waals surface area (Å²) in [4.78, 5) is 5.28. The van der Waals surface area contributed by atoms with E-state index in [-0.39, 0.29) is 0 Å². The lowest BCUT2D eigenvalue weighted by atomic mass is 10.2. The van der Waals surface area contributed by atoms with Gasteiger partial charge in [0.1, 0.15) is 0 Å². The van der Waals surface area contributed by atoms with Crippen LogP contribution in [0.4, 0.5) is 0 Å². The van der Waals surface area contributed by atoms with E-state index in [1.165, 1.54) is 17.5 Å². The third kappa shape index (κ3) is 3.40. The zero-order valence-corrected chi connectivity index (χ0v) is 13.7. The van der Waals surface area contributed by atoms with Crippen LogP contribution in [0.1, 0.15) is 31.4 Å². The van der Waals surface area contributed by atoms with Gasteiger partial charge in [-0.05, 0) is 24.5 Å². The second-order valence-electron chi connectivity index (χ2n) is 6.31. The fraction of sp³-hybridized carbons (Fsp3) is 0.400. The SMILES string of the molecule is CCC1N(Cc2ccccc2)CC(C)N1Cc1ccccc1. The fourth-order valence-corrected chi connectivity index (χ4v) is 3.61. The quantitative estimate of drug-likeness (QED) is 0.818. The van der Waals surface area contributed by atoms with Crippen LogP contribution in [0.15, 0.2) is 60.7 Å². The summed E-state index contributed by atoms with van der Waals surface area (Å²) in [7, 11) is 0. The van der Waals surface area contributed by atoms with Crippen LogP contribution < -0.4 is 0 Å². The normalized spacial score (nSPS) is 23.0. The molecule has 0 radical (unpaired) electrons. The van der Waals surface area contributed by atoms with E-state index in [4.69, 9.17) is 0 Å². The molecule has 2 aromatic rings. The number of hydrogen-bond donors (Lipinski definition) is 0. The van der Waals surface area contributed by atoms with Gasteiger partial charge in [-0.1, -0.05) is 67.6 Å². The molecule has 116 valence electrons. The highest BCUT2D eigenvalue weighted by Crippen LogP contribution is 2.26. The van der Waals surface area contributed by atoms with Crippen LogP contribution in [0.25, 0.3) is 0 Å². The Labute approximate surface area is 134 Å². The van der Waals surface area contributed by atoms with Crippen LogP contribution >= 0.6 is 0 Å². The molecule has 3 rings (SSSR count). The summed E-state index contributed by atoms with van der Waals surface area (Å²) in [6, 6.07) is 22.3. The molecule has 1 aliphatic heterocycles. The molecule has 1 saturated heterocycles. The minimum atomic E-state index is 0.537. The van der Waals surface area contributed by atoms with E-state index in [9.17, 15) is 0 Å². The molecule has 0 amide bonds. The molecule has 1 fully saturated rings. The van der Waals surface area contributed by atoms with Crippen molar-refractivity contribution in [2.24, 2.45) is 0 Å². The summed E-state index contributed by atoms with van der Waals surface area (Å²) >= 11 is 0. The van der Waals surface area contributed by atoms with Gasteiger partial charge >= 0.3 is 0 Å². The second-order valence-corrected chi connectivity index (χ2v) is 6.31. The zero-order valence-electron chi connectivity index (χ0n) is 13.7. The van der Waals surface area contributed by atoms with Crippen LogP contribution in [0.2, 0.25) is 0 Å². The molecular formula is C20H26N2. The molecule has 2 atom stereocenters. The number of nitrogens with zero attached hydrogens (tertiary/aromatic N) is 2. The van der Waals surface area contributed by atoms with E-state index in [0.29, 0.717) is 12.2 Å². The smallest absolute Gasteiger partial charge is 0.0629 e. The molecule has 2 unspecified atom stereocenters. The number of benzene rings is 2. The minimum Gasteiger partial charge on any atom is -0.282 e. The van der Waals surface area contributed by atoms with Gasteiger partial charge < -0.3 is 0 Å².